The van der Waals surface area contributed by atoms with Crippen LogP contribution in [0.5, 0.6) is 0 Å². The Morgan fingerprint density at radius 3 is 2.60 bits per heavy atom. The van der Waals surface area contributed by atoms with Gasteiger partial charge in [0.2, 0.25) is 5.91 Å². The number of amides is 3. The topological polar surface area (TPSA) is 101 Å². The molecule has 2 saturated heterocycles. The molecule has 3 rings (SSSR count). The summed E-state index contributed by atoms with van der Waals surface area (Å²) in [7, 11) is 0. The molecular weight excluding hydrogens is 346 g/mol. The highest BCUT2D eigenvalue weighted by molar-refractivity contribution is 8.18. The van der Waals surface area contributed by atoms with Crippen molar-refractivity contribution in [1.29, 1.82) is 0 Å². The maximum Gasteiger partial charge on any atom is 0.294 e. The van der Waals surface area contributed by atoms with Crippen LogP contribution in [-0.4, -0.2) is 51.4 Å². The molecule has 0 radical (unpaired) electrons. The van der Waals surface area contributed by atoms with E-state index in [0.717, 1.165) is 17.7 Å². The number of carbonyl (C=O) groups is 3. The summed E-state index contributed by atoms with van der Waals surface area (Å²) < 4.78 is 0. The lowest BCUT2D eigenvalue weighted by molar-refractivity contribution is -0.385. The summed E-state index contributed by atoms with van der Waals surface area (Å²) in [5.41, 5.74) is 0.0892. The van der Waals surface area contributed by atoms with Crippen LogP contribution in [0.4, 0.5) is 10.5 Å². The van der Waals surface area contributed by atoms with Crippen LogP contribution in [0.1, 0.15) is 18.4 Å². The fraction of sp³-hybridized carbons (Fsp3) is 0.312. The molecule has 0 spiro atoms. The van der Waals surface area contributed by atoms with Gasteiger partial charge < -0.3 is 4.90 Å². The van der Waals surface area contributed by atoms with E-state index in [0.29, 0.717) is 24.9 Å². The van der Waals surface area contributed by atoms with E-state index in [9.17, 15) is 24.5 Å². The summed E-state index contributed by atoms with van der Waals surface area (Å²) in [6, 6.07) is 5.96. The van der Waals surface area contributed by atoms with E-state index in [4.69, 9.17) is 0 Å². The molecular formula is C16H15N3O5S. The molecule has 0 unspecified atom stereocenters. The second-order valence-electron chi connectivity index (χ2n) is 5.67. The van der Waals surface area contributed by atoms with Crippen molar-refractivity contribution in [2.45, 2.75) is 12.8 Å². The van der Waals surface area contributed by atoms with Gasteiger partial charge in [0.15, 0.2) is 0 Å². The lowest BCUT2D eigenvalue weighted by Gasteiger charge is -2.18. The Hall–Kier alpha value is -2.68. The molecule has 2 aliphatic rings. The number of thioether (sulfide) groups is 1. The number of carbonyl (C=O) groups excluding carboxylic acids is 3. The summed E-state index contributed by atoms with van der Waals surface area (Å²) in [5.74, 6) is -0.854. The molecule has 0 N–H and O–H groups in total. The molecule has 2 aliphatic heterocycles. The largest absolute Gasteiger partial charge is 0.341 e. The van der Waals surface area contributed by atoms with Crippen molar-refractivity contribution < 1.29 is 19.3 Å². The number of rotatable bonds is 4. The molecule has 1 aromatic rings. The van der Waals surface area contributed by atoms with Gasteiger partial charge in [-0.1, -0.05) is 12.1 Å². The third-order valence-corrected chi connectivity index (χ3v) is 4.95. The predicted molar refractivity (Wildman–Crippen MR) is 91.6 cm³/mol. The summed E-state index contributed by atoms with van der Waals surface area (Å²) >= 11 is 0.687. The molecule has 2 fully saturated rings. The minimum Gasteiger partial charge on any atom is -0.341 e. The molecule has 1 aromatic carbocycles. The van der Waals surface area contributed by atoms with Crippen LogP contribution < -0.4 is 0 Å². The highest BCUT2D eigenvalue weighted by Gasteiger charge is 2.37. The summed E-state index contributed by atoms with van der Waals surface area (Å²) in [6.45, 7) is 0.987. The minimum absolute atomic E-state index is 0.0773. The van der Waals surface area contributed by atoms with Crippen molar-refractivity contribution in [3.63, 3.8) is 0 Å². The molecule has 0 saturated carbocycles. The van der Waals surface area contributed by atoms with E-state index >= 15 is 0 Å². The smallest absolute Gasteiger partial charge is 0.294 e. The second-order valence-corrected chi connectivity index (χ2v) is 6.66. The molecule has 0 atom stereocenters. The van der Waals surface area contributed by atoms with E-state index in [-0.39, 0.29) is 28.6 Å². The molecule has 9 heteroatoms. The summed E-state index contributed by atoms with van der Waals surface area (Å²) in [4.78, 5) is 49.8. The Morgan fingerprint density at radius 2 is 1.92 bits per heavy atom. The number of hydrogen-bond acceptors (Lipinski definition) is 6. The first kappa shape index (κ1) is 17.2. The number of nitro benzene ring substituents is 1. The Labute approximate surface area is 147 Å². The Kier molecular flexibility index (Phi) is 4.84. The molecule has 0 aromatic heterocycles. The number of hydrogen-bond donors (Lipinski definition) is 0. The number of nitro groups is 1. The molecule has 8 nitrogen and oxygen atoms in total. The first-order valence-electron chi connectivity index (χ1n) is 7.74. The molecule has 2 heterocycles. The maximum absolute atomic E-state index is 12.4. The van der Waals surface area contributed by atoms with Gasteiger partial charge in [-0.15, -0.1) is 0 Å². The standard InChI is InChI=1S/C16H15N3O5S/c20-14(17-7-3-4-8-17)10-18-15(21)13(25-16(18)22)9-11-5-1-2-6-12(11)19(23)24/h1-2,5-6,9H,3-4,7-8,10H2/b13-9-. The zero-order valence-electron chi connectivity index (χ0n) is 13.2. The van der Waals surface area contributed by atoms with Crippen molar-refractivity contribution in [2.75, 3.05) is 19.6 Å². The van der Waals surface area contributed by atoms with Crippen LogP contribution in [0.15, 0.2) is 29.2 Å². The number of benzene rings is 1. The predicted octanol–water partition coefficient (Wildman–Crippen LogP) is 2.25. The van der Waals surface area contributed by atoms with E-state index < -0.39 is 16.1 Å². The first-order valence-corrected chi connectivity index (χ1v) is 8.55. The number of nitrogens with zero attached hydrogens (tertiary/aromatic N) is 3. The average molecular weight is 361 g/mol. The van der Waals surface area contributed by atoms with Gasteiger partial charge in [0.1, 0.15) is 6.54 Å². The molecule has 130 valence electrons. The highest BCUT2D eigenvalue weighted by atomic mass is 32.2. The lowest BCUT2D eigenvalue weighted by atomic mass is 10.1. The van der Waals surface area contributed by atoms with Gasteiger partial charge >= 0.3 is 0 Å². The number of para-hydroxylation sites is 1. The van der Waals surface area contributed by atoms with Crippen LogP contribution >= 0.6 is 11.8 Å². The van der Waals surface area contributed by atoms with Crippen LogP contribution in [0.2, 0.25) is 0 Å². The van der Waals surface area contributed by atoms with Gasteiger partial charge in [-0.3, -0.25) is 29.4 Å². The molecule has 0 bridgehead atoms. The van der Waals surface area contributed by atoms with Gasteiger partial charge in [-0.25, -0.2) is 0 Å². The van der Waals surface area contributed by atoms with Crippen LogP contribution in [0.3, 0.4) is 0 Å². The molecule has 25 heavy (non-hydrogen) atoms. The normalized spacial score (nSPS) is 19.1. The van der Waals surface area contributed by atoms with Gasteiger partial charge in [-0.05, 0) is 36.7 Å². The van der Waals surface area contributed by atoms with Crippen LogP contribution in [-0.2, 0) is 9.59 Å². The Bertz CT molecular complexity index is 786. The number of imide groups is 1. The maximum atomic E-state index is 12.4. The van der Waals surface area contributed by atoms with Gasteiger partial charge in [0.05, 0.1) is 15.4 Å². The second kappa shape index (κ2) is 7.06. The van der Waals surface area contributed by atoms with E-state index in [1.165, 1.54) is 24.3 Å². The van der Waals surface area contributed by atoms with Crippen molar-refractivity contribution in [3.8, 4) is 0 Å². The van der Waals surface area contributed by atoms with Crippen molar-refractivity contribution in [2.24, 2.45) is 0 Å². The molecule has 3 amide bonds. The summed E-state index contributed by atoms with van der Waals surface area (Å²) in [5, 5.41) is 10.5. The Morgan fingerprint density at radius 1 is 1.24 bits per heavy atom. The summed E-state index contributed by atoms with van der Waals surface area (Å²) in [6.07, 6.45) is 3.17. The zero-order chi connectivity index (χ0) is 18.0. The van der Waals surface area contributed by atoms with Crippen LogP contribution in [0, 0.1) is 10.1 Å². The SMILES string of the molecule is O=C(CN1C(=O)S/C(=C\c2ccccc2[N+](=O)[O-])C1=O)N1CCCC1. The van der Waals surface area contributed by atoms with Crippen molar-refractivity contribution in [1.82, 2.24) is 9.80 Å². The third-order valence-electron chi connectivity index (χ3n) is 4.05. The fourth-order valence-electron chi connectivity index (χ4n) is 2.76. The Balaban J connectivity index is 1.79. The van der Waals surface area contributed by atoms with Gasteiger partial charge in [0.25, 0.3) is 16.8 Å². The first-order chi connectivity index (χ1) is 12.0. The van der Waals surface area contributed by atoms with Crippen molar-refractivity contribution >= 4 is 40.6 Å². The van der Waals surface area contributed by atoms with Crippen LogP contribution in [0.25, 0.3) is 6.08 Å². The van der Waals surface area contributed by atoms with Crippen molar-refractivity contribution in [3.05, 3.63) is 44.8 Å². The highest BCUT2D eigenvalue weighted by Crippen LogP contribution is 2.33. The van der Waals surface area contributed by atoms with Gasteiger partial charge in [-0.2, -0.15) is 0 Å². The van der Waals surface area contributed by atoms with E-state index in [2.05, 4.69) is 0 Å². The fourth-order valence-corrected chi connectivity index (χ4v) is 3.58. The van der Waals surface area contributed by atoms with E-state index in [1.54, 1.807) is 11.0 Å². The monoisotopic (exact) mass is 361 g/mol. The third kappa shape index (κ3) is 3.55. The van der Waals surface area contributed by atoms with Gasteiger partial charge in [0, 0.05) is 19.2 Å². The minimum atomic E-state index is -0.597. The number of likely N-dealkylation sites (tertiary alicyclic amines) is 1. The zero-order valence-corrected chi connectivity index (χ0v) is 14.0. The average Bonchev–Trinajstić information content (AvgIpc) is 3.20. The molecule has 0 aliphatic carbocycles. The quantitative estimate of drug-likeness (QED) is 0.463. The van der Waals surface area contributed by atoms with E-state index in [1.807, 2.05) is 0 Å². The lowest BCUT2D eigenvalue weighted by Crippen LogP contribution is -2.40.